The molecule has 65 heavy (non-hydrogen) atoms. The number of pyridine rings is 1. The smallest absolute Gasteiger partial charge is 0.410 e. The summed E-state index contributed by atoms with van der Waals surface area (Å²) in [6, 6.07) is 18.0. The van der Waals surface area contributed by atoms with Crippen LogP contribution in [0.3, 0.4) is 0 Å². The van der Waals surface area contributed by atoms with Crippen molar-refractivity contribution < 1.29 is 42.9 Å². The van der Waals surface area contributed by atoms with E-state index in [0.29, 0.717) is 55.7 Å². The lowest BCUT2D eigenvalue weighted by molar-refractivity contribution is -0.124. The topological polar surface area (TPSA) is 218 Å². The monoisotopic (exact) mass is 896 g/mol. The first kappa shape index (κ1) is 47.5. The van der Waals surface area contributed by atoms with E-state index < -0.39 is 58.4 Å². The Hall–Kier alpha value is -6.95. The minimum absolute atomic E-state index is 0.0122. The molecule has 1 aromatic heterocycles. The Morgan fingerprint density at radius 2 is 1.57 bits per heavy atom. The van der Waals surface area contributed by atoms with Gasteiger partial charge in [-0.2, -0.15) is 0 Å². The summed E-state index contributed by atoms with van der Waals surface area (Å²) in [4.78, 5) is 79.1. The molecule has 6 rings (SSSR count). The number of carboxylic acid groups (broad SMARTS) is 1. The number of aromatic carboxylic acids is 1. The molecule has 0 unspecified atom stereocenters. The van der Waals surface area contributed by atoms with Crippen molar-refractivity contribution in [3.05, 3.63) is 123 Å². The Kier molecular flexibility index (Phi) is 15.5. The van der Waals surface area contributed by atoms with Crippen LogP contribution < -0.4 is 32.3 Å². The molecule has 18 heteroatoms. The number of ketones is 1. The quantitative estimate of drug-likeness (QED) is 0.0797. The Balaban J connectivity index is 1.04. The van der Waals surface area contributed by atoms with Gasteiger partial charge in [0.2, 0.25) is 11.3 Å². The molecule has 346 valence electrons. The van der Waals surface area contributed by atoms with Crippen LogP contribution >= 0.6 is 0 Å². The van der Waals surface area contributed by atoms with Gasteiger partial charge in [0.25, 0.3) is 0 Å². The van der Waals surface area contributed by atoms with Gasteiger partial charge in [0.05, 0.1) is 22.9 Å². The Morgan fingerprint density at radius 1 is 0.908 bits per heavy atom. The number of rotatable bonds is 18. The van der Waals surface area contributed by atoms with Gasteiger partial charge in [-0.15, -0.1) is 5.53 Å². The lowest BCUT2D eigenvalue weighted by Gasteiger charge is -2.35. The number of piperazine rings is 1. The van der Waals surface area contributed by atoms with E-state index in [2.05, 4.69) is 16.3 Å². The number of hydrogen-bond donors (Lipinski definition) is 5. The molecule has 0 radical (unpaired) electrons. The molecule has 0 aliphatic carbocycles. The van der Waals surface area contributed by atoms with Gasteiger partial charge in [-0.1, -0.05) is 81.8 Å². The van der Waals surface area contributed by atoms with Crippen LogP contribution in [0.2, 0.25) is 0 Å². The van der Waals surface area contributed by atoms with E-state index in [1.807, 2.05) is 51.1 Å². The number of fused-ring (bicyclic) bond motifs is 1. The van der Waals surface area contributed by atoms with E-state index in [4.69, 9.17) is 15.2 Å². The van der Waals surface area contributed by atoms with Crippen LogP contribution in [0, 0.1) is 11.2 Å². The number of anilines is 1. The first-order valence-corrected chi connectivity index (χ1v) is 21.7. The number of Topliss-reactive ketones (excluding diaryl/α,β-unsaturated/α-hetero) is 1. The first-order chi connectivity index (χ1) is 31.0. The third kappa shape index (κ3) is 12.2. The number of hydrogen-bond acceptors (Lipinski definition) is 12. The molecule has 3 amide bonds. The molecule has 3 aromatic carbocycles. The Bertz CT molecular complexity index is 2460. The number of alkyl carbamates (subject to hydrolysis) is 1. The van der Waals surface area contributed by atoms with Crippen LogP contribution in [0.5, 0.6) is 0 Å². The summed E-state index contributed by atoms with van der Waals surface area (Å²) in [5.74, 6) is -2.54. The van der Waals surface area contributed by atoms with E-state index in [0.717, 1.165) is 17.2 Å². The summed E-state index contributed by atoms with van der Waals surface area (Å²) < 4.78 is 28.1. The second-order valence-corrected chi connectivity index (χ2v) is 17.2. The molecule has 2 atom stereocenters. The van der Waals surface area contributed by atoms with Crippen molar-refractivity contribution in [1.82, 2.24) is 30.8 Å². The van der Waals surface area contributed by atoms with E-state index in [1.54, 1.807) is 57.9 Å². The zero-order valence-electron chi connectivity index (χ0n) is 37.1. The summed E-state index contributed by atoms with van der Waals surface area (Å²) in [6.45, 7) is 9.31. The number of halogens is 1. The second kappa shape index (κ2) is 21.2. The van der Waals surface area contributed by atoms with Crippen molar-refractivity contribution in [1.29, 1.82) is 0 Å². The van der Waals surface area contributed by atoms with Gasteiger partial charge in [-0.25, -0.2) is 18.8 Å². The Labute approximate surface area is 376 Å². The molecule has 6 N–H and O–H groups in total. The highest BCUT2D eigenvalue weighted by atomic mass is 19.1. The molecular weight excluding hydrogens is 840 g/mol. The number of aromatic nitrogens is 1. The number of carbonyl (C=O) groups is 5. The maximum Gasteiger partial charge on any atom is 0.410 e. The highest BCUT2D eigenvalue weighted by Gasteiger charge is 2.36. The number of carboxylic acids is 1. The third-order valence-corrected chi connectivity index (χ3v) is 11.5. The predicted molar refractivity (Wildman–Crippen MR) is 241 cm³/mol. The summed E-state index contributed by atoms with van der Waals surface area (Å²) in [7, 11) is 0. The molecule has 0 bridgehead atoms. The molecule has 1 fully saturated rings. The summed E-state index contributed by atoms with van der Waals surface area (Å²) in [5, 5.41) is 14.1. The van der Waals surface area contributed by atoms with Crippen LogP contribution in [-0.4, -0.2) is 87.7 Å². The lowest BCUT2D eigenvalue weighted by atomic mass is 9.85. The molecule has 0 saturated carbocycles. The minimum Gasteiger partial charge on any atom is -0.477 e. The standard InChI is InChI=1S/C47H57FN8O9/c1-5-53-26-34(44(60)61)42(59)33-24-35(48)39(25-38(33)53)54-19-21-55(22-20-54)46(63)65-29-32-17-15-30(16-18-32)23-40(57)37(13-9-10-14-41(49)58)56-27-36(51-52-56)43(47(2,3)4)50-45(62)64-28-31-11-7-6-8-12-31/h6-8,11-12,15-18,24-27,37,43,51-52H,5,9-10,13-14,19-23,28-29H2,1-4H3,(H2,49,58)(H,50,62)(H,60,61)/t37-,43+/m0/s1. The zero-order valence-corrected chi connectivity index (χ0v) is 37.1. The van der Waals surface area contributed by atoms with Gasteiger partial charge < -0.3 is 45.4 Å². The normalized spacial score (nSPS) is 14.9. The van der Waals surface area contributed by atoms with Gasteiger partial charge in [0, 0.05) is 63.3 Å². The number of nitrogens with two attached hydrogens (primary N) is 1. The highest BCUT2D eigenvalue weighted by Crippen LogP contribution is 2.28. The minimum atomic E-state index is -1.38. The fourth-order valence-electron chi connectivity index (χ4n) is 7.89. The maximum atomic E-state index is 15.4. The lowest BCUT2D eigenvalue weighted by Crippen LogP contribution is -2.50. The number of primary amides is 1. The number of unbranched alkanes of at least 4 members (excludes halogenated alkanes) is 1. The van der Waals surface area contributed by atoms with Gasteiger partial charge in [0.1, 0.15) is 30.6 Å². The molecule has 0 spiro atoms. The van der Waals surface area contributed by atoms with Gasteiger partial charge in [-0.3, -0.25) is 19.4 Å². The van der Waals surface area contributed by atoms with Crippen molar-refractivity contribution in [3.63, 3.8) is 0 Å². The van der Waals surface area contributed by atoms with Crippen LogP contribution in [-0.2, 0) is 45.2 Å². The van der Waals surface area contributed by atoms with E-state index >= 15 is 4.39 Å². The number of ether oxygens (including phenoxy) is 2. The molecule has 2 aliphatic heterocycles. The van der Waals surface area contributed by atoms with Crippen molar-refractivity contribution in [2.45, 2.75) is 91.6 Å². The van der Waals surface area contributed by atoms with Gasteiger partial charge in [-0.05, 0) is 54.0 Å². The third-order valence-electron chi connectivity index (χ3n) is 11.5. The van der Waals surface area contributed by atoms with Crippen molar-refractivity contribution in [3.8, 4) is 0 Å². The van der Waals surface area contributed by atoms with Crippen LogP contribution in [0.15, 0.2) is 89.6 Å². The van der Waals surface area contributed by atoms with Crippen molar-refractivity contribution in [2.75, 3.05) is 31.1 Å². The van der Waals surface area contributed by atoms with Gasteiger partial charge >= 0.3 is 18.2 Å². The average Bonchev–Trinajstić information content (AvgIpc) is 3.76. The summed E-state index contributed by atoms with van der Waals surface area (Å²) in [6.07, 6.45) is 3.71. The number of nitrogens with one attached hydrogen (secondary N) is 3. The SMILES string of the molecule is CCn1cc(C(=O)O)c(=O)c2cc(F)c(N3CCN(C(=O)OCc4ccc(CC(=O)[C@H](CCCCC(N)=O)N5C=C([C@@H](NC(=O)OCc6ccccc6)C(C)(C)C)NN5)cc4)CC3)cc21. The van der Waals surface area contributed by atoms with E-state index in [9.17, 15) is 33.9 Å². The van der Waals surface area contributed by atoms with Gasteiger partial charge in [0.15, 0.2) is 5.78 Å². The number of amides is 3. The molecule has 1 saturated heterocycles. The fourth-order valence-corrected chi connectivity index (χ4v) is 7.89. The average molecular weight is 897 g/mol. The van der Waals surface area contributed by atoms with Crippen LogP contribution in [0.4, 0.5) is 19.7 Å². The number of carbonyl (C=O) groups excluding carboxylic acids is 4. The zero-order chi connectivity index (χ0) is 46.8. The summed E-state index contributed by atoms with van der Waals surface area (Å²) in [5.41, 5.74) is 13.6. The summed E-state index contributed by atoms with van der Waals surface area (Å²) >= 11 is 0. The Morgan fingerprint density at radius 3 is 2.22 bits per heavy atom. The molecule has 17 nitrogen and oxygen atoms in total. The number of benzene rings is 3. The first-order valence-electron chi connectivity index (χ1n) is 21.7. The van der Waals surface area contributed by atoms with Crippen LogP contribution in [0.1, 0.15) is 80.4 Å². The predicted octanol–water partition coefficient (Wildman–Crippen LogP) is 5.35. The highest BCUT2D eigenvalue weighted by molar-refractivity contribution is 5.93. The number of nitrogens with zero attached hydrogens (tertiary/aromatic N) is 4. The number of aryl methyl sites for hydroxylation is 1. The molecule has 3 heterocycles. The van der Waals surface area contributed by atoms with Crippen molar-refractivity contribution in [2.24, 2.45) is 11.1 Å². The molecule has 2 aliphatic rings. The second-order valence-electron chi connectivity index (χ2n) is 17.2. The van der Waals surface area contributed by atoms with E-state index in [-0.39, 0.29) is 56.0 Å². The number of hydrazine groups is 2. The van der Waals surface area contributed by atoms with E-state index in [1.165, 1.54) is 11.1 Å². The van der Waals surface area contributed by atoms with Crippen LogP contribution in [0.25, 0.3) is 10.9 Å². The largest absolute Gasteiger partial charge is 0.477 e. The maximum absolute atomic E-state index is 15.4. The molecule has 4 aromatic rings. The molecular formula is C47H57FN8O9. The van der Waals surface area contributed by atoms with Crippen molar-refractivity contribution >= 4 is 46.4 Å². The fraction of sp³-hybridized carbons (Fsp3) is 0.404.